The highest BCUT2D eigenvalue weighted by atomic mass is 16.2. The molecule has 1 aromatic carbocycles. The van der Waals surface area contributed by atoms with Crippen LogP contribution >= 0.6 is 0 Å². The molecule has 1 atom stereocenters. The molecule has 0 radical (unpaired) electrons. The highest BCUT2D eigenvalue weighted by molar-refractivity contribution is 5.95. The lowest BCUT2D eigenvalue weighted by Gasteiger charge is -2.29. The summed E-state index contributed by atoms with van der Waals surface area (Å²) in [4.78, 5) is 13.6. The van der Waals surface area contributed by atoms with Crippen molar-refractivity contribution < 1.29 is 4.79 Å². The molecule has 108 valence electrons. The molecule has 0 saturated heterocycles. The van der Waals surface area contributed by atoms with Crippen LogP contribution in [-0.2, 0) is 11.2 Å². The zero-order valence-electron chi connectivity index (χ0n) is 12.5. The van der Waals surface area contributed by atoms with Crippen LogP contribution in [0.3, 0.4) is 0 Å². The van der Waals surface area contributed by atoms with Gasteiger partial charge in [-0.1, -0.05) is 25.0 Å². The molecule has 1 N–H and O–H groups in total. The molecule has 1 aliphatic carbocycles. The predicted molar refractivity (Wildman–Crippen MR) is 81.9 cm³/mol. The molecule has 1 fully saturated rings. The highest BCUT2D eigenvalue weighted by Crippen LogP contribution is 2.37. The fraction of sp³-hybridized carbons (Fsp3) is 0.588. The summed E-state index contributed by atoms with van der Waals surface area (Å²) in [6.07, 6.45) is 6.92. The maximum Gasteiger partial charge on any atom is 0.227 e. The second-order valence-corrected chi connectivity index (χ2v) is 6.15. The SMILES string of the molecule is CNC(c1ccc2c(c1)CCC(=O)N2C)C1CCCC1. The van der Waals surface area contributed by atoms with E-state index in [9.17, 15) is 4.79 Å². The first kappa shape index (κ1) is 13.6. The van der Waals surface area contributed by atoms with E-state index >= 15 is 0 Å². The summed E-state index contributed by atoms with van der Waals surface area (Å²) in [5, 5.41) is 3.51. The zero-order chi connectivity index (χ0) is 14.1. The van der Waals surface area contributed by atoms with Crippen molar-refractivity contribution >= 4 is 11.6 Å². The number of carbonyl (C=O) groups excluding carboxylic acids is 1. The fourth-order valence-electron chi connectivity index (χ4n) is 3.84. The smallest absolute Gasteiger partial charge is 0.227 e. The minimum absolute atomic E-state index is 0.228. The van der Waals surface area contributed by atoms with Crippen molar-refractivity contribution in [2.45, 2.75) is 44.6 Å². The van der Waals surface area contributed by atoms with Gasteiger partial charge in [0.1, 0.15) is 0 Å². The molecular weight excluding hydrogens is 248 g/mol. The third-order valence-electron chi connectivity index (χ3n) is 4.99. The third kappa shape index (κ3) is 2.35. The van der Waals surface area contributed by atoms with E-state index in [0.29, 0.717) is 12.5 Å². The van der Waals surface area contributed by atoms with Gasteiger partial charge in [-0.3, -0.25) is 4.79 Å². The molecular formula is C17H24N2O. The molecule has 2 aliphatic rings. The highest BCUT2D eigenvalue weighted by Gasteiger charge is 2.27. The fourth-order valence-corrected chi connectivity index (χ4v) is 3.84. The number of rotatable bonds is 3. The number of anilines is 1. The molecule has 0 aromatic heterocycles. The molecule has 1 aromatic rings. The van der Waals surface area contributed by atoms with Crippen LogP contribution in [0.5, 0.6) is 0 Å². The van der Waals surface area contributed by atoms with Gasteiger partial charge in [-0.2, -0.15) is 0 Å². The summed E-state index contributed by atoms with van der Waals surface area (Å²) in [5.41, 5.74) is 3.80. The quantitative estimate of drug-likeness (QED) is 0.917. The summed E-state index contributed by atoms with van der Waals surface area (Å²) in [6.45, 7) is 0. The summed E-state index contributed by atoms with van der Waals surface area (Å²) in [6, 6.07) is 7.11. The number of carbonyl (C=O) groups is 1. The Morgan fingerprint density at radius 1 is 1.25 bits per heavy atom. The van der Waals surface area contributed by atoms with Crippen molar-refractivity contribution in [1.29, 1.82) is 0 Å². The Kier molecular flexibility index (Phi) is 3.79. The summed E-state index contributed by atoms with van der Waals surface area (Å²) in [7, 11) is 3.95. The van der Waals surface area contributed by atoms with Crippen LogP contribution in [0.15, 0.2) is 18.2 Å². The minimum Gasteiger partial charge on any atom is -0.315 e. The monoisotopic (exact) mass is 272 g/mol. The van der Waals surface area contributed by atoms with E-state index in [1.165, 1.54) is 36.8 Å². The van der Waals surface area contributed by atoms with Gasteiger partial charge in [-0.15, -0.1) is 0 Å². The van der Waals surface area contributed by atoms with Crippen LogP contribution in [0.4, 0.5) is 5.69 Å². The van der Waals surface area contributed by atoms with Gasteiger partial charge in [0.05, 0.1) is 0 Å². The number of aryl methyl sites for hydroxylation is 1. The maximum atomic E-state index is 11.8. The number of fused-ring (bicyclic) bond motifs is 1. The van der Waals surface area contributed by atoms with Crippen LogP contribution in [0, 0.1) is 5.92 Å². The van der Waals surface area contributed by atoms with E-state index in [-0.39, 0.29) is 5.91 Å². The van der Waals surface area contributed by atoms with E-state index in [1.54, 1.807) is 4.90 Å². The Hall–Kier alpha value is -1.35. The van der Waals surface area contributed by atoms with Crippen molar-refractivity contribution in [3.8, 4) is 0 Å². The molecule has 1 amide bonds. The lowest BCUT2D eigenvalue weighted by atomic mass is 9.89. The van der Waals surface area contributed by atoms with Gasteiger partial charge in [0, 0.05) is 25.2 Å². The largest absolute Gasteiger partial charge is 0.315 e. The van der Waals surface area contributed by atoms with Gasteiger partial charge in [-0.05, 0) is 49.4 Å². The van der Waals surface area contributed by atoms with E-state index in [4.69, 9.17) is 0 Å². The second-order valence-electron chi connectivity index (χ2n) is 6.15. The van der Waals surface area contributed by atoms with Crippen molar-refractivity contribution in [1.82, 2.24) is 5.32 Å². The molecule has 0 spiro atoms. The normalized spacial score (nSPS) is 21.1. The average Bonchev–Trinajstić information content (AvgIpc) is 2.98. The Morgan fingerprint density at radius 3 is 2.70 bits per heavy atom. The van der Waals surface area contributed by atoms with Crippen molar-refractivity contribution in [3.05, 3.63) is 29.3 Å². The standard InChI is InChI=1S/C17H24N2O/c1-18-17(12-5-3-4-6-12)14-7-9-15-13(11-14)8-10-16(20)19(15)2/h7,9,11-12,17-18H,3-6,8,10H2,1-2H3. The molecule has 1 heterocycles. The summed E-state index contributed by atoms with van der Waals surface area (Å²) in [5.74, 6) is 0.993. The molecule has 1 aliphatic heterocycles. The van der Waals surface area contributed by atoms with E-state index < -0.39 is 0 Å². The maximum absolute atomic E-state index is 11.8. The van der Waals surface area contributed by atoms with Crippen molar-refractivity contribution in [3.63, 3.8) is 0 Å². The van der Waals surface area contributed by atoms with Gasteiger partial charge in [0.2, 0.25) is 5.91 Å². The molecule has 3 rings (SSSR count). The van der Waals surface area contributed by atoms with Crippen LogP contribution in [-0.4, -0.2) is 20.0 Å². The molecule has 0 bridgehead atoms. The van der Waals surface area contributed by atoms with E-state index in [2.05, 4.69) is 30.6 Å². The molecule has 3 nitrogen and oxygen atoms in total. The van der Waals surface area contributed by atoms with Gasteiger partial charge in [0.25, 0.3) is 0 Å². The second kappa shape index (κ2) is 5.57. The number of amides is 1. The number of hydrogen-bond donors (Lipinski definition) is 1. The molecule has 1 unspecified atom stereocenters. The molecule has 20 heavy (non-hydrogen) atoms. The average molecular weight is 272 g/mol. The topological polar surface area (TPSA) is 32.3 Å². The lowest BCUT2D eigenvalue weighted by molar-refractivity contribution is -0.118. The summed E-state index contributed by atoms with van der Waals surface area (Å²) >= 11 is 0. The van der Waals surface area contributed by atoms with Crippen LogP contribution in [0.25, 0.3) is 0 Å². The third-order valence-corrected chi connectivity index (χ3v) is 4.99. The number of hydrogen-bond acceptors (Lipinski definition) is 2. The van der Waals surface area contributed by atoms with Gasteiger partial charge < -0.3 is 10.2 Å². The van der Waals surface area contributed by atoms with Gasteiger partial charge in [0.15, 0.2) is 0 Å². The zero-order valence-corrected chi connectivity index (χ0v) is 12.5. The number of nitrogens with zero attached hydrogens (tertiary/aromatic N) is 1. The Balaban J connectivity index is 1.89. The lowest BCUT2D eigenvalue weighted by Crippen LogP contribution is -2.31. The predicted octanol–water partition coefficient (Wildman–Crippen LogP) is 3.05. The van der Waals surface area contributed by atoms with Gasteiger partial charge in [-0.25, -0.2) is 0 Å². The Labute approximate surface area is 121 Å². The van der Waals surface area contributed by atoms with E-state index in [1.807, 2.05) is 7.05 Å². The Morgan fingerprint density at radius 2 is 2.00 bits per heavy atom. The minimum atomic E-state index is 0.228. The van der Waals surface area contributed by atoms with Crippen molar-refractivity contribution in [2.75, 3.05) is 19.0 Å². The first-order valence-corrected chi connectivity index (χ1v) is 7.77. The van der Waals surface area contributed by atoms with Gasteiger partial charge >= 0.3 is 0 Å². The first-order valence-electron chi connectivity index (χ1n) is 7.77. The number of nitrogens with one attached hydrogen (secondary N) is 1. The Bertz CT molecular complexity index is 506. The molecule has 3 heteroatoms. The van der Waals surface area contributed by atoms with Crippen LogP contribution in [0.1, 0.15) is 49.3 Å². The van der Waals surface area contributed by atoms with Crippen LogP contribution in [0.2, 0.25) is 0 Å². The van der Waals surface area contributed by atoms with Crippen LogP contribution < -0.4 is 10.2 Å². The number of benzene rings is 1. The first-order chi connectivity index (χ1) is 9.70. The van der Waals surface area contributed by atoms with Crippen molar-refractivity contribution in [2.24, 2.45) is 5.92 Å². The van der Waals surface area contributed by atoms with E-state index in [0.717, 1.165) is 18.0 Å². The molecule has 1 saturated carbocycles. The summed E-state index contributed by atoms with van der Waals surface area (Å²) < 4.78 is 0.